The molecular weight excluding hydrogens is 344 g/mol. The lowest BCUT2D eigenvalue weighted by atomic mass is 9.80. The molecule has 0 fully saturated rings. The Morgan fingerprint density at radius 2 is 0.929 bits per heavy atom. The molecule has 4 aromatic rings. The minimum Gasteiger partial charge on any atom is -0.473 e. The molecule has 1 N–H and O–H groups in total. The Kier molecular flexibility index (Phi) is 5.22. The van der Waals surface area contributed by atoms with Crippen LogP contribution >= 0.6 is 0 Å². The molecule has 4 aromatic carbocycles. The van der Waals surface area contributed by atoms with Crippen LogP contribution in [0.4, 0.5) is 0 Å². The van der Waals surface area contributed by atoms with Crippen LogP contribution in [0, 0.1) is 0 Å². The lowest BCUT2D eigenvalue weighted by Gasteiger charge is -2.37. The van der Waals surface area contributed by atoms with Crippen molar-refractivity contribution in [2.45, 2.75) is 12.2 Å². The zero-order valence-corrected chi connectivity index (χ0v) is 15.5. The molecule has 0 radical (unpaired) electrons. The summed E-state index contributed by atoms with van der Waals surface area (Å²) >= 11 is 0. The van der Waals surface area contributed by atoms with E-state index in [1.165, 1.54) is 0 Å². The summed E-state index contributed by atoms with van der Waals surface area (Å²) in [5.74, 6) is 0.668. The van der Waals surface area contributed by atoms with Gasteiger partial charge in [-0.15, -0.1) is 0 Å². The second-order valence-corrected chi connectivity index (χ2v) is 6.65. The van der Waals surface area contributed by atoms with Crippen molar-refractivity contribution in [1.82, 2.24) is 0 Å². The monoisotopic (exact) mass is 366 g/mol. The Morgan fingerprint density at radius 3 is 1.36 bits per heavy atom. The van der Waals surface area contributed by atoms with Gasteiger partial charge in [-0.1, -0.05) is 109 Å². The maximum Gasteiger partial charge on any atom is 0.184 e. The Morgan fingerprint density at radius 1 is 0.536 bits per heavy atom. The summed E-state index contributed by atoms with van der Waals surface area (Å²) in [5, 5.41) is 9.85. The van der Waals surface area contributed by atoms with Gasteiger partial charge in [-0.25, -0.2) is 0 Å². The number of aliphatic hydroxyl groups excluding tert-OH is 1. The summed E-state index contributed by atoms with van der Waals surface area (Å²) in [6.07, 6.45) is 0. The van der Waals surface area contributed by atoms with Gasteiger partial charge in [-0.2, -0.15) is 0 Å². The molecule has 0 saturated carbocycles. The van der Waals surface area contributed by atoms with Gasteiger partial charge >= 0.3 is 0 Å². The fourth-order valence-corrected chi connectivity index (χ4v) is 3.59. The molecule has 0 saturated heterocycles. The third kappa shape index (κ3) is 3.30. The van der Waals surface area contributed by atoms with Crippen molar-refractivity contribution >= 4 is 0 Å². The Labute approximate surface area is 165 Å². The molecule has 0 aliphatic heterocycles. The summed E-state index contributed by atoms with van der Waals surface area (Å²) in [7, 11) is 0. The SMILES string of the molecule is OCc1ccccc1OC(c1ccccc1)(c1ccccc1)c1ccccc1. The molecule has 4 rings (SSSR count). The number of benzene rings is 4. The molecule has 0 unspecified atom stereocenters. The minimum absolute atomic E-state index is 0.0787. The summed E-state index contributed by atoms with van der Waals surface area (Å²) in [6, 6.07) is 38.3. The molecule has 0 atom stereocenters. The first-order valence-corrected chi connectivity index (χ1v) is 9.39. The van der Waals surface area contributed by atoms with E-state index in [1.807, 2.05) is 78.9 Å². The summed E-state index contributed by atoms with van der Waals surface area (Å²) in [6.45, 7) is -0.0787. The van der Waals surface area contributed by atoms with Gasteiger partial charge in [0.15, 0.2) is 5.60 Å². The van der Waals surface area contributed by atoms with Crippen LogP contribution in [0.2, 0.25) is 0 Å². The van der Waals surface area contributed by atoms with Crippen molar-refractivity contribution in [3.63, 3.8) is 0 Å². The number of rotatable bonds is 6. The second kappa shape index (κ2) is 8.12. The Balaban J connectivity index is 2.01. The fraction of sp³-hybridized carbons (Fsp3) is 0.0769. The van der Waals surface area contributed by atoms with Crippen LogP contribution in [0.3, 0.4) is 0 Å². The Bertz CT molecular complexity index is 915. The van der Waals surface area contributed by atoms with Crippen molar-refractivity contribution in [3.8, 4) is 5.75 Å². The molecule has 0 aliphatic carbocycles. The average molecular weight is 366 g/mol. The molecule has 2 nitrogen and oxygen atoms in total. The standard InChI is InChI=1S/C26H22O2/c27-20-21-12-10-11-19-25(21)28-26(22-13-4-1-5-14-22,23-15-6-2-7-16-23)24-17-8-3-9-18-24/h1-19,27H,20H2. The van der Waals surface area contributed by atoms with Crippen molar-refractivity contribution in [2.24, 2.45) is 0 Å². The van der Waals surface area contributed by atoms with Gasteiger partial charge < -0.3 is 9.84 Å². The van der Waals surface area contributed by atoms with Crippen LogP contribution in [-0.2, 0) is 12.2 Å². The van der Waals surface area contributed by atoms with Crippen LogP contribution in [0.15, 0.2) is 115 Å². The van der Waals surface area contributed by atoms with Gasteiger partial charge in [0.05, 0.1) is 6.61 Å². The minimum atomic E-state index is -0.838. The number of hydrogen-bond acceptors (Lipinski definition) is 2. The molecule has 0 bridgehead atoms. The van der Waals surface area contributed by atoms with Gasteiger partial charge in [0.2, 0.25) is 0 Å². The smallest absolute Gasteiger partial charge is 0.184 e. The van der Waals surface area contributed by atoms with Gasteiger partial charge in [-0.05, 0) is 6.07 Å². The van der Waals surface area contributed by atoms with E-state index >= 15 is 0 Å². The van der Waals surface area contributed by atoms with Crippen LogP contribution < -0.4 is 4.74 Å². The molecule has 28 heavy (non-hydrogen) atoms. The van der Waals surface area contributed by atoms with E-state index in [2.05, 4.69) is 36.4 Å². The normalized spacial score (nSPS) is 11.2. The van der Waals surface area contributed by atoms with Gasteiger partial charge in [-0.3, -0.25) is 0 Å². The predicted octanol–water partition coefficient (Wildman–Crippen LogP) is 5.55. The highest BCUT2D eigenvalue weighted by Gasteiger charge is 2.39. The van der Waals surface area contributed by atoms with Gasteiger partial charge in [0, 0.05) is 22.3 Å². The maximum atomic E-state index is 9.85. The van der Waals surface area contributed by atoms with E-state index in [-0.39, 0.29) is 6.61 Å². The van der Waals surface area contributed by atoms with Crippen molar-refractivity contribution in [3.05, 3.63) is 138 Å². The first kappa shape index (κ1) is 18.0. The molecule has 0 spiro atoms. The van der Waals surface area contributed by atoms with Crippen LogP contribution in [0.1, 0.15) is 22.3 Å². The summed E-state index contributed by atoms with van der Waals surface area (Å²) in [4.78, 5) is 0. The molecule has 0 amide bonds. The highest BCUT2D eigenvalue weighted by atomic mass is 16.5. The van der Waals surface area contributed by atoms with E-state index in [9.17, 15) is 5.11 Å². The topological polar surface area (TPSA) is 29.5 Å². The highest BCUT2D eigenvalue weighted by Crippen LogP contribution is 2.41. The third-order valence-corrected chi connectivity index (χ3v) is 4.95. The lowest BCUT2D eigenvalue weighted by Crippen LogP contribution is -2.36. The van der Waals surface area contributed by atoms with E-state index in [1.54, 1.807) is 0 Å². The van der Waals surface area contributed by atoms with E-state index in [0.29, 0.717) is 5.75 Å². The van der Waals surface area contributed by atoms with Crippen LogP contribution in [-0.4, -0.2) is 5.11 Å². The molecule has 0 heterocycles. The van der Waals surface area contributed by atoms with Crippen molar-refractivity contribution in [1.29, 1.82) is 0 Å². The number of para-hydroxylation sites is 1. The van der Waals surface area contributed by atoms with E-state index in [4.69, 9.17) is 4.74 Å². The first-order chi connectivity index (χ1) is 13.8. The Hall–Kier alpha value is -3.36. The zero-order chi connectivity index (χ0) is 19.2. The predicted molar refractivity (Wildman–Crippen MR) is 112 cm³/mol. The summed E-state index contributed by atoms with van der Waals surface area (Å²) < 4.78 is 6.82. The zero-order valence-electron chi connectivity index (χ0n) is 15.5. The molecule has 0 aromatic heterocycles. The first-order valence-electron chi connectivity index (χ1n) is 9.39. The number of hydrogen-bond donors (Lipinski definition) is 1. The molecule has 0 aliphatic rings. The highest BCUT2D eigenvalue weighted by molar-refractivity contribution is 5.50. The largest absolute Gasteiger partial charge is 0.473 e. The van der Waals surface area contributed by atoms with Crippen molar-refractivity contribution in [2.75, 3.05) is 0 Å². The number of aliphatic hydroxyl groups is 1. The van der Waals surface area contributed by atoms with Crippen LogP contribution in [0.5, 0.6) is 5.75 Å². The maximum absolute atomic E-state index is 9.85. The lowest BCUT2D eigenvalue weighted by molar-refractivity contribution is 0.149. The van der Waals surface area contributed by atoms with Crippen LogP contribution in [0.25, 0.3) is 0 Å². The van der Waals surface area contributed by atoms with E-state index in [0.717, 1.165) is 22.3 Å². The van der Waals surface area contributed by atoms with Crippen molar-refractivity contribution < 1.29 is 9.84 Å². The molecule has 138 valence electrons. The number of ether oxygens (including phenoxy) is 1. The third-order valence-electron chi connectivity index (χ3n) is 4.95. The van der Waals surface area contributed by atoms with E-state index < -0.39 is 5.60 Å². The summed E-state index contributed by atoms with van der Waals surface area (Å²) in [5.41, 5.74) is 3.00. The fourth-order valence-electron chi connectivity index (χ4n) is 3.59. The second-order valence-electron chi connectivity index (χ2n) is 6.65. The van der Waals surface area contributed by atoms with Gasteiger partial charge in [0.25, 0.3) is 0 Å². The average Bonchev–Trinajstić information content (AvgIpc) is 2.79. The van der Waals surface area contributed by atoms with Gasteiger partial charge in [0.1, 0.15) is 5.75 Å². The molecular formula is C26H22O2. The molecule has 2 heteroatoms. The quantitative estimate of drug-likeness (QED) is 0.453.